The SMILES string of the molecule is CCc1nc(N)cc(-c2cnnn2-c2ccccc2)n1. The van der Waals surface area contributed by atoms with Crippen molar-refractivity contribution in [3.63, 3.8) is 0 Å². The minimum Gasteiger partial charge on any atom is -0.384 e. The van der Waals surface area contributed by atoms with Gasteiger partial charge in [0, 0.05) is 12.5 Å². The Balaban J connectivity index is 2.13. The Labute approximate surface area is 116 Å². The first-order valence-corrected chi connectivity index (χ1v) is 6.38. The van der Waals surface area contributed by atoms with Gasteiger partial charge in [0.25, 0.3) is 0 Å². The summed E-state index contributed by atoms with van der Waals surface area (Å²) >= 11 is 0. The van der Waals surface area contributed by atoms with Crippen LogP contribution in [-0.4, -0.2) is 25.0 Å². The fraction of sp³-hybridized carbons (Fsp3) is 0.143. The lowest BCUT2D eigenvalue weighted by atomic mass is 10.2. The summed E-state index contributed by atoms with van der Waals surface area (Å²) in [6, 6.07) is 11.5. The van der Waals surface area contributed by atoms with Crippen molar-refractivity contribution in [3.05, 3.63) is 48.4 Å². The maximum atomic E-state index is 5.83. The normalized spacial score (nSPS) is 10.7. The van der Waals surface area contributed by atoms with Crippen LogP contribution in [0.4, 0.5) is 5.82 Å². The van der Waals surface area contributed by atoms with E-state index >= 15 is 0 Å². The van der Waals surface area contributed by atoms with E-state index in [2.05, 4.69) is 20.3 Å². The van der Waals surface area contributed by atoms with E-state index in [-0.39, 0.29) is 0 Å². The molecule has 3 rings (SSSR count). The number of nitrogen functional groups attached to an aromatic ring is 1. The molecule has 0 aliphatic carbocycles. The first-order chi connectivity index (χ1) is 9.78. The minimum atomic E-state index is 0.452. The van der Waals surface area contributed by atoms with Crippen LogP contribution in [0.3, 0.4) is 0 Å². The molecule has 0 aliphatic rings. The molecule has 0 unspecified atom stereocenters. The second-order valence-electron chi connectivity index (χ2n) is 4.31. The monoisotopic (exact) mass is 266 g/mol. The van der Waals surface area contributed by atoms with Crippen molar-refractivity contribution in [3.8, 4) is 17.1 Å². The second-order valence-corrected chi connectivity index (χ2v) is 4.31. The molecule has 6 nitrogen and oxygen atoms in total. The van der Waals surface area contributed by atoms with Gasteiger partial charge >= 0.3 is 0 Å². The van der Waals surface area contributed by atoms with Gasteiger partial charge in [-0.2, -0.15) is 0 Å². The van der Waals surface area contributed by atoms with Crippen LogP contribution in [0.15, 0.2) is 42.6 Å². The molecule has 0 fully saturated rings. The summed E-state index contributed by atoms with van der Waals surface area (Å²) in [7, 11) is 0. The Kier molecular flexibility index (Phi) is 3.12. The van der Waals surface area contributed by atoms with E-state index in [1.165, 1.54) is 0 Å². The molecule has 100 valence electrons. The number of anilines is 1. The number of hydrogen-bond donors (Lipinski definition) is 1. The maximum Gasteiger partial charge on any atom is 0.131 e. The zero-order valence-electron chi connectivity index (χ0n) is 11.1. The van der Waals surface area contributed by atoms with Crippen LogP contribution in [0.5, 0.6) is 0 Å². The van der Waals surface area contributed by atoms with Crippen LogP contribution in [0.1, 0.15) is 12.7 Å². The second kappa shape index (κ2) is 5.08. The Morgan fingerprint density at radius 2 is 1.95 bits per heavy atom. The first kappa shape index (κ1) is 12.3. The topological polar surface area (TPSA) is 82.5 Å². The Morgan fingerprint density at radius 3 is 2.70 bits per heavy atom. The van der Waals surface area contributed by atoms with Gasteiger partial charge in [-0.15, -0.1) is 5.10 Å². The lowest BCUT2D eigenvalue weighted by molar-refractivity contribution is 0.804. The van der Waals surface area contributed by atoms with Gasteiger partial charge in [-0.05, 0) is 12.1 Å². The van der Waals surface area contributed by atoms with E-state index in [0.29, 0.717) is 11.6 Å². The quantitative estimate of drug-likeness (QED) is 0.782. The average Bonchev–Trinajstić information content (AvgIpc) is 2.97. The Hall–Kier alpha value is -2.76. The van der Waals surface area contributed by atoms with Crippen LogP contribution in [0.2, 0.25) is 0 Å². The predicted octanol–water partition coefficient (Wildman–Crippen LogP) is 1.87. The van der Waals surface area contributed by atoms with Crippen molar-refractivity contribution >= 4 is 5.82 Å². The lowest BCUT2D eigenvalue weighted by Gasteiger charge is -2.07. The third kappa shape index (κ3) is 2.23. The third-order valence-electron chi connectivity index (χ3n) is 2.92. The summed E-state index contributed by atoms with van der Waals surface area (Å²) in [6.45, 7) is 1.99. The summed E-state index contributed by atoms with van der Waals surface area (Å²) < 4.78 is 1.74. The molecule has 1 aromatic carbocycles. The summed E-state index contributed by atoms with van der Waals surface area (Å²) in [5.74, 6) is 1.16. The average molecular weight is 266 g/mol. The molecule has 20 heavy (non-hydrogen) atoms. The van der Waals surface area contributed by atoms with E-state index in [9.17, 15) is 0 Å². The van der Waals surface area contributed by atoms with Gasteiger partial charge in [-0.1, -0.05) is 30.3 Å². The van der Waals surface area contributed by atoms with Crippen LogP contribution < -0.4 is 5.73 Å². The molecule has 2 N–H and O–H groups in total. The first-order valence-electron chi connectivity index (χ1n) is 6.38. The molecule has 0 spiro atoms. The molecule has 0 radical (unpaired) electrons. The summed E-state index contributed by atoms with van der Waals surface area (Å²) in [5.41, 5.74) is 8.27. The number of hydrogen-bond acceptors (Lipinski definition) is 5. The molecular formula is C14H14N6. The molecule has 0 saturated heterocycles. The summed E-state index contributed by atoms with van der Waals surface area (Å²) in [6.07, 6.45) is 2.40. The molecule has 0 atom stereocenters. The van der Waals surface area contributed by atoms with Gasteiger partial charge in [-0.3, -0.25) is 0 Å². The number of aryl methyl sites for hydroxylation is 1. The number of para-hydroxylation sites is 1. The lowest BCUT2D eigenvalue weighted by Crippen LogP contribution is -2.04. The highest BCUT2D eigenvalue weighted by Crippen LogP contribution is 2.21. The number of nitrogens with zero attached hydrogens (tertiary/aromatic N) is 5. The van der Waals surface area contributed by atoms with Gasteiger partial charge in [0.1, 0.15) is 17.3 Å². The highest BCUT2D eigenvalue weighted by Gasteiger charge is 2.11. The third-order valence-corrected chi connectivity index (χ3v) is 2.92. The van der Waals surface area contributed by atoms with Gasteiger partial charge in [0.2, 0.25) is 0 Å². The highest BCUT2D eigenvalue weighted by atomic mass is 15.4. The smallest absolute Gasteiger partial charge is 0.131 e. The molecular weight excluding hydrogens is 252 g/mol. The van der Waals surface area contributed by atoms with Crippen molar-refractivity contribution in [1.82, 2.24) is 25.0 Å². The van der Waals surface area contributed by atoms with Crippen LogP contribution in [0, 0.1) is 0 Å². The van der Waals surface area contributed by atoms with E-state index in [1.807, 2.05) is 37.3 Å². The fourth-order valence-electron chi connectivity index (χ4n) is 1.98. The minimum absolute atomic E-state index is 0.452. The Morgan fingerprint density at radius 1 is 1.15 bits per heavy atom. The number of aromatic nitrogens is 5. The fourth-order valence-corrected chi connectivity index (χ4v) is 1.98. The van der Waals surface area contributed by atoms with E-state index < -0.39 is 0 Å². The van der Waals surface area contributed by atoms with Crippen molar-refractivity contribution < 1.29 is 0 Å². The summed E-state index contributed by atoms with van der Waals surface area (Å²) in [5, 5.41) is 8.09. The van der Waals surface area contributed by atoms with Crippen LogP contribution in [-0.2, 0) is 6.42 Å². The maximum absolute atomic E-state index is 5.83. The van der Waals surface area contributed by atoms with Gasteiger partial charge in [0.15, 0.2) is 0 Å². The standard InChI is InChI=1S/C14H14N6/c1-2-14-17-11(8-13(15)18-14)12-9-16-19-20(12)10-6-4-3-5-7-10/h3-9H,2H2,1H3,(H2,15,17,18). The molecule has 0 saturated carbocycles. The van der Waals surface area contributed by atoms with E-state index in [0.717, 1.165) is 23.5 Å². The zero-order valence-corrected chi connectivity index (χ0v) is 11.1. The van der Waals surface area contributed by atoms with E-state index in [1.54, 1.807) is 16.9 Å². The largest absolute Gasteiger partial charge is 0.384 e. The van der Waals surface area contributed by atoms with Gasteiger partial charge in [-0.25, -0.2) is 14.6 Å². The zero-order chi connectivity index (χ0) is 13.9. The van der Waals surface area contributed by atoms with Crippen molar-refractivity contribution in [2.45, 2.75) is 13.3 Å². The molecule has 2 aromatic heterocycles. The van der Waals surface area contributed by atoms with Gasteiger partial charge < -0.3 is 5.73 Å². The summed E-state index contributed by atoms with van der Waals surface area (Å²) in [4.78, 5) is 8.67. The molecule has 0 bridgehead atoms. The molecule has 3 aromatic rings. The highest BCUT2D eigenvalue weighted by molar-refractivity contribution is 5.59. The van der Waals surface area contributed by atoms with Crippen LogP contribution >= 0.6 is 0 Å². The molecule has 0 amide bonds. The number of benzene rings is 1. The van der Waals surface area contributed by atoms with Crippen LogP contribution in [0.25, 0.3) is 17.1 Å². The molecule has 6 heteroatoms. The predicted molar refractivity (Wildman–Crippen MR) is 76.2 cm³/mol. The van der Waals surface area contributed by atoms with Crippen molar-refractivity contribution in [2.75, 3.05) is 5.73 Å². The van der Waals surface area contributed by atoms with Crippen molar-refractivity contribution in [1.29, 1.82) is 0 Å². The molecule has 0 aliphatic heterocycles. The van der Waals surface area contributed by atoms with Gasteiger partial charge in [0.05, 0.1) is 17.6 Å². The van der Waals surface area contributed by atoms with Crippen molar-refractivity contribution in [2.24, 2.45) is 0 Å². The number of nitrogens with two attached hydrogens (primary N) is 1. The Bertz CT molecular complexity index is 720. The number of rotatable bonds is 3. The molecule has 2 heterocycles. The van der Waals surface area contributed by atoms with E-state index in [4.69, 9.17) is 5.73 Å².